The van der Waals surface area contributed by atoms with Gasteiger partial charge in [0.25, 0.3) is 0 Å². The maximum absolute atomic E-state index is 5.90. The van der Waals surface area contributed by atoms with Crippen LogP contribution in [0.1, 0.15) is 25.3 Å². The van der Waals surface area contributed by atoms with Crippen molar-refractivity contribution >= 4 is 0 Å². The van der Waals surface area contributed by atoms with E-state index in [0.29, 0.717) is 12.0 Å². The van der Waals surface area contributed by atoms with Crippen molar-refractivity contribution in [3.8, 4) is 5.75 Å². The largest absolute Gasteiger partial charge is 0.492 e. The van der Waals surface area contributed by atoms with Gasteiger partial charge in [-0.05, 0) is 44.4 Å². The number of nitrogens with zero attached hydrogens (tertiary/aromatic N) is 1. The normalized spacial score (nSPS) is 24.4. The first-order valence-corrected chi connectivity index (χ1v) is 7.34. The average molecular weight is 262 g/mol. The molecule has 2 rings (SSSR count). The molecule has 1 heterocycles. The molecule has 1 aromatic rings. The van der Waals surface area contributed by atoms with Crippen molar-refractivity contribution in [2.24, 2.45) is 11.7 Å². The van der Waals surface area contributed by atoms with Crippen LogP contribution in [-0.2, 0) is 0 Å². The van der Waals surface area contributed by atoms with E-state index in [1.54, 1.807) is 0 Å². The summed E-state index contributed by atoms with van der Waals surface area (Å²) >= 11 is 0. The Morgan fingerprint density at radius 1 is 1.32 bits per heavy atom. The third-order valence-electron chi connectivity index (χ3n) is 4.14. The minimum atomic E-state index is 0.523. The topological polar surface area (TPSA) is 38.5 Å². The lowest BCUT2D eigenvalue weighted by molar-refractivity contribution is 0.0895. The smallest absolute Gasteiger partial charge is 0.119 e. The Balaban J connectivity index is 1.79. The van der Waals surface area contributed by atoms with Gasteiger partial charge in [0, 0.05) is 19.1 Å². The molecule has 2 N–H and O–H groups in total. The maximum atomic E-state index is 5.90. The van der Waals surface area contributed by atoms with Gasteiger partial charge >= 0.3 is 0 Å². The van der Waals surface area contributed by atoms with Gasteiger partial charge in [-0.25, -0.2) is 0 Å². The fourth-order valence-corrected chi connectivity index (χ4v) is 2.91. The second-order valence-electron chi connectivity index (χ2n) is 5.62. The number of benzene rings is 1. The first kappa shape index (κ1) is 14.4. The molecular formula is C16H26N2O. The lowest BCUT2D eigenvalue weighted by atomic mass is 9.91. The van der Waals surface area contributed by atoms with Crippen LogP contribution in [0.25, 0.3) is 0 Å². The van der Waals surface area contributed by atoms with Crippen molar-refractivity contribution in [3.05, 3.63) is 29.8 Å². The quantitative estimate of drug-likeness (QED) is 0.885. The highest BCUT2D eigenvalue weighted by Gasteiger charge is 2.26. The molecule has 1 aromatic carbocycles. The molecule has 1 aliphatic rings. The van der Waals surface area contributed by atoms with E-state index >= 15 is 0 Å². The summed E-state index contributed by atoms with van der Waals surface area (Å²) in [7, 11) is 0. The minimum Gasteiger partial charge on any atom is -0.492 e. The molecule has 1 fully saturated rings. The van der Waals surface area contributed by atoms with Gasteiger partial charge in [-0.3, -0.25) is 4.90 Å². The fraction of sp³-hybridized carbons (Fsp3) is 0.625. The summed E-state index contributed by atoms with van der Waals surface area (Å²) < 4.78 is 5.81. The van der Waals surface area contributed by atoms with Gasteiger partial charge < -0.3 is 10.5 Å². The van der Waals surface area contributed by atoms with Gasteiger partial charge in [0.05, 0.1) is 0 Å². The van der Waals surface area contributed by atoms with Gasteiger partial charge in [0.15, 0.2) is 0 Å². The van der Waals surface area contributed by atoms with Crippen molar-refractivity contribution in [1.29, 1.82) is 0 Å². The number of hydrogen-bond acceptors (Lipinski definition) is 3. The van der Waals surface area contributed by atoms with Crippen LogP contribution in [-0.4, -0.2) is 37.2 Å². The van der Waals surface area contributed by atoms with Gasteiger partial charge in [0.2, 0.25) is 0 Å². The monoisotopic (exact) mass is 262 g/mol. The minimum absolute atomic E-state index is 0.523. The molecule has 1 saturated heterocycles. The second kappa shape index (κ2) is 6.92. The Morgan fingerprint density at radius 2 is 2.05 bits per heavy atom. The van der Waals surface area contributed by atoms with E-state index in [4.69, 9.17) is 10.5 Å². The molecule has 106 valence electrons. The molecule has 2 atom stereocenters. The van der Waals surface area contributed by atoms with E-state index in [1.807, 2.05) is 12.1 Å². The summed E-state index contributed by atoms with van der Waals surface area (Å²) in [6.45, 7) is 8.02. The van der Waals surface area contributed by atoms with E-state index in [0.717, 1.165) is 32.0 Å². The van der Waals surface area contributed by atoms with Crippen LogP contribution in [0.2, 0.25) is 0 Å². The summed E-state index contributed by atoms with van der Waals surface area (Å²) in [4.78, 5) is 2.49. The van der Waals surface area contributed by atoms with E-state index in [9.17, 15) is 0 Å². The number of rotatable bonds is 5. The van der Waals surface area contributed by atoms with Crippen LogP contribution in [0.15, 0.2) is 24.3 Å². The third-order valence-corrected chi connectivity index (χ3v) is 4.14. The molecule has 0 spiro atoms. The molecule has 0 bridgehead atoms. The zero-order valence-electron chi connectivity index (χ0n) is 12.1. The highest BCUT2D eigenvalue weighted by molar-refractivity contribution is 5.26. The molecule has 0 aliphatic carbocycles. The predicted molar refractivity (Wildman–Crippen MR) is 79.5 cm³/mol. The van der Waals surface area contributed by atoms with Crippen LogP contribution < -0.4 is 10.5 Å². The van der Waals surface area contributed by atoms with Crippen molar-refractivity contribution in [2.75, 3.05) is 26.2 Å². The highest BCUT2D eigenvalue weighted by atomic mass is 16.5. The summed E-state index contributed by atoms with van der Waals surface area (Å²) in [6.07, 6.45) is 2.58. The van der Waals surface area contributed by atoms with E-state index in [-0.39, 0.29) is 0 Å². The number of likely N-dealkylation sites (tertiary alicyclic amines) is 1. The van der Waals surface area contributed by atoms with Crippen LogP contribution in [0.3, 0.4) is 0 Å². The molecule has 0 radical (unpaired) electrons. The average Bonchev–Trinajstić information content (AvgIpc) is 2.41. The SMILES string of the molecule is Cc1ccc(OCCN2CCCC(C)C2CN)cc1. The Kier molecular flexibility index (Phi) is 5.23. The molecule has 2 unspecified atom stereocenters. The summed E-state index contributed by atoms with van der Waals surface area (Å²) in [5.41, 5.74) is 7.17. The van der Waals surface area contributed by atoms with Crippen molar-refractivity contribution < 1.29 is 4.74 Å². The van der Waals surface area contributed by atoms with Crippen molar-refractivity contribution in [3.63, 3.8) is 0 Å². The van der Waals surface area contributed by atoms with E-state index in [1.165, 1.54) is 18.4 Å². The molecular weight excluding hydrogens is 236 g/mol. The molecule has 0 amide bonds. The zero-order chi connectivity index (χ0) is 13.7. The number of piperidine rings is 1. The van der Waals surface area contributed by atoms with Crippen molar-refractivity contribution in [2.45, 2.75) is 32.7 Å². The molecule has 3 heteroatoms. The molecule has 19 heavy (non-hydrogen) atoms. The molecule has 1 aliphatic heterocycles. The van der Waals surface area contributed by atoms with Crippen LogP contribution in [0, 0.1) is 12.8 Å². The van der Waals surface area contributed by atoms with Gasteiger partial charge in [0.1, 0.15) is 12.4 Å². The van der Waals surface area contributed by atoms with Gasteiger partial charge in [-0.2, -0.15) is 0 Å². The zero-order valence-corrected chi connectivity index (χ0v) is 12.1. The Bertz CT molecular complexity index is 377. The molecule has 0 saturated carbocycles. The number of nitrogens with two attached hydrogens (primary N) is 1. The maximum Gasteiger partial charge on any atom is 0.119 e. The van der Waals surface area contributed by atoms with Gasteiger partial charge in [-0.15, -0.1) is 0 Å². The number of ether oxygens (including phenoxy) is 1. The Labute approximate surface area is 116 Å². The summed E-state index contributed by atoms with van der Waals surface area (Å²) in [5.74, 6) is 1.66. The molecule has 3 nitrogen and oxygen atoms in total. The highest BCUT2D eigenvalue weighted by Crippen LogP contribution is 2.22. The van der Waals surface area contributed by atoms with E-state index < -0.39 is 0 Å². The second-order valence-corrected chi connectivity index (χ2v) is 5.62. The van der Waals surface area contributed by atoms with Crippen LogP contribution >= 0.6 is 0 Å². The Morgan fingerprint density at radius 3 is 2.74 bits per heavy atom. The van der Waals surface area contributed by atoms with E-state index in [2.05, 4.69) is 30.9 Å². The molecule has 0 aromatic heterocycles. The first-order chi connectivity index (χ1) is 9.20. The fourth-order valence-electron chi connectivity index (χ4n) is 2.91. The van der Waals surface area contributed by atoms with Crippen LogP contribution in [0.5, 0.6) is 5.75 Å². The third kappa shape index (κ3) is 3.95. The van der Waals surface area contributed by atoms with Gasteiger partial charge in [-0.1, -0.05) is 24.6 Å². The van der Waals surface area contributed by atoms with Crippen LogP contribution in [0.4, 0.5) is 0 Å². The van der Waals surface area contributed by atoms with Crippen molar-refractivity contribution in [1.82, 2.24) is 4.90 Å². The summed E-state index contributed by atoms with van der Waals surface area (Å²) in [5, 5.41) is 0. The number of aryl methyl sites for hydroxylation is 1. The standard InChI is InChI=1S/C16H26N2O/c1-13-5-7-15(8-6-13)19-11-10-18-9-3-4-14(2)16(18)12-17/h5-8,14,16H,3-4,9-12,17H2,1-2H3. The first-order valence-electron chi connectivity index (χ1n) is 7.34. The number of hydrogen-bond donors (Lipinski definition) is 1. The lowest BCUT2D eigenvalue weighted by Crippen LogP contribution is -2.49. The lowest BCUT2D eigenvalue weighted by Gasteiger charge is -2.39. The Hall–Kier alpha value is -1.06. The predicted octanol–water partition coefficient (Wildman–Crippen LogP) is 2.43. The summed E-state index contributed by atoms with van der Waals surface area (Å²) in [6, 6.07) is 8.76.